The molecule has 2 aromatic rings. The minimum atomic E-state index is -3.73. The standard InChI is InChI=1S/C14H15N3O3S/c1-9-2-7-12(8-13(9)15)21(19,20)17-11-5-3-10(4-6-11)14(16)18/h2-8,17H,15H2,1H3,(H2,16,18). The highest BCUT2D eigenvalue weighted by Gasteiger charge is 2.15. The van der Waals surface area contributed by atoms with E-state index in [1.165, 1.54) is 36.4 Å². The number of nitrogen functional groups attached to an aromatic ring is 1. The van der Waals surface area contributed by atoms with Crippen molar-refractivity contribution >= 4 is 27.3 Å². The summed E-state index contributed by atoms with van der Waals surface area (Å²) in [7, 11) is -3.73. The summed E-state index contributed by atoms with van der Waals surface area (Å²) in [5, 5.41) is 0. The Morgan fingerprint density at radius 3 is 2.24 bits per heavy atom. The fourth-order valence-electron chi connectivity index (χ4n) is 1.70. The summed E-state index contributed by atoms with van der Waals surface area (Å²) in [6.45, 7) is 1.79. The normalized spacial score (nSPS) is 11.1. The van der Waals surface area contributed by atoms with Gasteiger partial charge in [0.1, 0.15) is 0 Å². The van der Waals surface area contributed by atoms with Crippen LogP contribution in [0.3, 0.4) is 0 Å². The topological polar surface area (TPSA) is 115 Å². The molecule has 0 saturated heterocycles. The molecule has 0 aromatic heterocycles. The lowest BCUT2D eigenvalue weighted by Gasteiger charge is -2.10. The second kappa shape index (κ2) is 5.45. The molecule has 0 heterocycles. The molecule has 0 radical (unpaired) electrons. The Balaban J connectivity index is 2.28. The molecule has 1 amide bonds. The largest absolute Gasteiger partial charge is 0.398 e. The van der Waals surface area contributed by atoms with Crippen LogP contribution in [0.2, 0.25) is 0 Å². The number of hydrogen-bond acceptors (Lipinski definition) is 4. The third kappa shape index (κ3) is 3.32. The van der Waals surface area contributed by atoms with Crippen LogP contribution in [0.25, 0.3) is 0 Å². The van der Waals surface area contributed by atoms with E-state index >= 15 is 0 Å². The van der Waals surface area contributed by atoms with Crippen LogP contribution >= 0.6 is 0 Å². The maximum atomic E-state index is 12.2. The van der Waals surface area contributed by atoms with Crippen molar-refractivity contribution in [3.63, 3.8) is 0 Å². The monoisotopic (exact) mass is 305 g/mol. The molecule has 0 aliphatic heterocycles. The SMILES string of the molecule is Cc1ccc(S(=O)(=O)Nc2ccc(C(N)=O)cc2)cc1N. The molecule has 6 nitrogen and oxygen atoms in total. The summed E-state index contributed by atoms with van der Waals surface area (Å²) in [6, 6.07) is 10.3. The van der Waals surface area contributed by atoms with E-state index in [2.05, 4.69) is 4.72 Å². The van der Waals surface area contributed by atoms with Gasteiger partial charge in [-0.15, -0.1) is 0 Å². The predicted molar refractivity (Wildman–Crippen MR) is 81.4 cm³/mol. The van der Waals surface area contributed by atoms with Gasteiger partial charge in [-0.1, -0.05) is 6.07 Å². The second-order valence-corrected chi connectivity index (χ2v) is 6.25. The van der Waals surface area contributed by atoms with Gasteiger partial charge in [0.2, 0.25) is 5.91 Å². The second-order valence-electron chi connectivity index (χ2n) is 4.57. The highest BCUT2D eigenvalue weighted by Crippen LogP contribution is 2.20. The first-order chi connectivity index (χ1) is 9.79. The van der Waals surface area contributed by atoms with Crippen molar-refractivity contribution in [3.05, 3.63) is 53.6 Å². The Morgan fingerprint density at radius 2 is 1.71 bits per heavy atom. The Labute approximate surface area is 122 Å². The first-order valence-corrected chi connectivity index (χ1v) is 7.57. The Kier molecular flexibility index (Phi) is 3.86. The van der Waals surface area contributed by atoms with Crippen molar-refractivity contribution in [1.82, 2.24) is 0 Å². The highest BCUT2D eigenvalue weighted by molar-refractivity contribution is 7.92. The van der Waals surface area contributed by atoms with Gasteiger partial charge in [0, 0.05) is 16.9 Å². The average Bonchev–Trinajstić information content (AvgIpc) is 2.42. The van der Waals surface area contributed by atoms with Crippen LogP contribution in [-0.4, -0.2) is 14.3 Å². The van der Waals surface area contributed by atoms with Gasteiger partial charge >= 0.3 is 0 Å². The van der Waals surface area contributed by atoms with Gasteiger partial charge in [-0.2, -0.15) is 0 Å². The van der Waals surface area contributed by atoms with Crippen LogP contribution in [0.15, 0.2) is 47.4 Å². The minimum Gasteiger partial charge on any atom is -0.398 e. The van der Waals surface area contributed by atoms with Crippen LogP contribution < -0.4 is 16.2 Å². The number of carbonyl (C=O) groups excluding carboxylic acids is 1. The number of benzene rings is 2. The number of hydrogen-bond donors (Lipinski definition) is 3. The van der Waals surface area contributed by atoms with Gasteiger partial charge < -0.3 is 11.5 Å². The van der Waals surface area contributed by atoms with E-state index in [9.17, 15) is 13.2 Å². The number of primary amides is 1. The Morgan fingerprint density at radius 1 is 1.10 bits per heavy atom. The Hall–Kier alpha value is -2.54. The summed E-state index contributed by atoms with van der Waals surface area (Å²) in [6.07, 6.45) is 0. The molecule has 2 aromatic carbocycles. The molecule has 0 spiro atoms. The molecule has 0 bridgehead atoms. The first kappa shape index (κ1) is 14.9. The summed E-state index contributed by atoms with van der Waals surface area (Å²) in [4.78, 5) is 11.0. The number of nitrogens with one attached hydrogen (secondary N) is 1. The van der Waals surface area contributed by atoms with E-state index in [0.717, 1.165) is 5.56 Å². The molecular weight excluding hydrogens is 290 g/mol. The fraction of sp³-hybridized carbons (Fsp3) is 0.0714. The molecule has 0 aliphatic carbocycles. The molecule has 0 saturated carbocycles. The molecule has 21 heavy (non-hydrogen) atoms. The van der Waals surface area contributed by atoms with Crippen LogP contribution in [0, 0.1) is 6.92 Å². The molecule has 110 valence electrons. The summed E-state index contributed by atoms with van der Waals surface area (Å²) in [5.74, 6) is -0.573. The maximum absolute atomic E-state index is 12.2. The minimum absolute atomic E-state index is 0.0737. The van der Waals surface area contributed by atoms with Crippen LogP contribution in [0.4, 0.5) is 11.4 Å². The van der Waals surface area contributed by atoms with E-state index in [-0.39, 0.29) is 4.90 Å². The average molecular weight is 305 g/mol. The zero-order valence-electron chi connectivity index (χ0n) is 11.3. The lowest BCUT2D eigenvalue weighted by Crippen LogP contribution is -2.14. The molecule has 0 aliphatic rings. The molecule has 5 N–H and O–H groups in total. The number of aryl methyl sites for hydroxylation is 1. The van der Waals surface area contributed by atoms with Crippen molar-refractivity contribution < 1.29 is 13.2 Å². The van der Waals surface area contributed by atoms with E-state index in [4.69, 9.17) is 11.5 Å². The number of amides is 1. The van der Waals surface area contributed by atoms with Crippen LogP contribution in [0.5, 0.6) is 0 Å². The van der Waals surface area contributed by atoms with Crippen molar-refractivity contribution in [2.24, 2.45) is 5.73 Å². The van der Waals surface area contributed by atoms with Crippen molar-refractivity contribution in [3.8, 4) is 0 Å². The molecule has 0 fully saturated rings. The van der Waals surface area contributed by atoms with Crippen molar-refractivity contribution in [1.29, 1.82) is 0 Å². The summed E-state index contributed by atoms with van der Waals surface area (Å²) < 4.78 is 26.9. The molecular formula is C14H15N3O3S. The first-order valence-electron chi connectivity index (χ1n) is 6.08. The molecule has 0 unspecified atom stereocenters. The number of anilines is 2. The zero-order chi connectivity index (χ0) is 15.6. The van der Waals surface area contributed by atoms with E-state index in [1.54, 1.807) is 13.0 Å². The third-order valence-electron chi connectivity index (χ3n) is 2.98. The number of rotatable bonds is 4. The quantitative estimate of drug-likeness (QED) is 0.742. The van der Waals surface area contributed by atoms with Crippen molar-refractivity contribution in [2.75, 3.05) is 10.5 Å². The third-order valence-corrected chi connectivity index (χ3v) is 4.36. The molecule has 7 heteroatoms. The molecule has 0 atom stereocenters. The van der Waals surface area contributed by atoms with Gasteiger partial charge in [0.05, 0.1) is 4.90 Å². The van der Waals surface area contributed by atoms with Gasteiger partial charge in [-0.3, -0.25) is 9.52 Å². The van der Waals surface area contributed by atoms with Crippen molar-refractivity contribution in [2.45, 2.75) is 11.8 Å². The highest BCUT2D eigenvalue weighted by atomic mass is 32.2. The predicted octanol–water partition coefficient (Wildman–Crippen LogP) is 1.48. The van der Waals surface area contributed by atoms with E-state index < -0.39 is 15.9 Å². The summed E-state index contributed by atoms with van der Waals surface area (Å²) >= 11 is 0. The lowest BCUT2D eigenvalue weighted by atomic mass is 10.2. The molecule has 2 rings (SSSR count). The van der Waals surface area contributed by atoms with Gasteiger partial charge in [0.25, 0.3) is 10.0 Å². The zero-order valence-corrected chi connectivity index (χ0v) is 12.1. The lowest BCUT2D eigenvalue weighted by molar-refractivity contribution is 0.100. The van der Waals surface area contributed by atoms with Crippen LogP contribution in [-0.2, 0) is 10.0 Å². The summed E-state index contributed by atoms with van der Waals surface area (Å²) in [5.41, 5.74) is 12.7. The number of sulfonamides is 1. The van der Waals surface area contributed by atoms with E-state index in [1.807, 2.05) is 0 Å². The van der Waals surface area contributed by atoms with Gasteiger partial charge in [-0.05, 0) is 48.9 Å². The maximum Gasteiger partial charge on any atom is 0.261 e. The van der Waals surface area contributed by atoms with Gasteiger partial charge in [0.15, 0.2) is 0 Å². The van der Waals surface area contributed by atoms with Gasteiger partial charge in [-0.25, -0.2) is 8.42 Å². The number of nitrogens with two attached hydrogens (primary N) is 2. The smallest absolute Gasteiger partial charge is 0.261 e. The Bertz CT molecular complexity index is 784. The van der Waals surface area contributed by atoms with Crippen LogP contribution in [0.1, 0.15) is 15.9 Å². The number of carbonyl (C=O) groups is 1. The van der Waals surface area contributed by atoms with E-state index in [0.29, 0.717) is 16.9 Å². The fourth-order valence-corrected chi connectivity index (χ4v) is 2.80.